The van der Waals surface area contributed by atoms with Crippen molar-refractivity contribution in [3.63, 3.8) is 0 Å². The summed E-state index contributed by atoms with van der Waals surface area (Å²) in [5.74, 6) is 3.12. The fourth-order valence-electron chi connectivity index (χ4n) is 2.78. The van der Waals surface area contributed by atoms with E-state index in [-0.39, 0.29) is 12.5 Å². The third kappa shape index (κ3) is 6.20. The minimum Gasteiger partial charge on any atom is -0.494 e. The topological polar surface area (TPSA) is 71.9 Å². The van der Waals surface area contributed by atoms with Crippen molar-refractivity contribution in [2.45, 2.75) is 19.2 Å². The summed E-state index contributed by atoms with van der Waals surface area (Å²) in [6.45, 7) is 3.29. The average Bonchev–Trinajstić information content (AvgIpc) is 3.09. The van der Waals surface area contributed by atoms with Gasteiger partial charge in [-0.1, -0.05) is 30.3 Å². The van der Waals surface area contributed by atoms with Crippen LogP contribution in [-0.2, 0) is 17.1 Å². The molecule has 3 aromatic rings. The molecule has 0 aliphatic heterocycles. The number of benzene rings is 2. The van der Waals surface area contributed by atoms with Gasteiger partial charge in [-0.05, 0) is 49.0 Å². The number of ether oxygens (including phenoxy) is 1. The van der Waals surface area contributed by atoms with Gasteiger partial charge in [-0.2, -0.15) is 16.9 Å². The van der Waals surface area contributed by atoms with Gasteiger partial charge in [-0.15, -0.1) is 0 Å². The zero-order valence-corrected chi connectivity index (χ0v) is 17.9. The Labute approximate surface area is 179 Å². The molecule has 6 nitrogen and oxygen atoms in total. The van der Waals surface area contributed by atoms with Gasteiger partial charge >= 0.3 is 0 Å². The smallest absolute Gasteiger partial charge is 0.240 e. The largest absolute Gasteiger partial charge is 0.494 e. The molecule has 0 fully saturated rings. The second-order valence-corrected chi connectivity index (χ2v) is 7.78. The van der Waals surface area contributed by atoms with E-state index in [0.717, 1.165) is 22.8 Å². The van der Waals surface area contributed by atoms with Gasteiger partial charge in [0.05, 0.1) is 6.61 Å². The molecule has 0 atom stereocenters. The van der Waals surface area contributed by atoms with Crippen LogP contribution in [-0.4, -0.2) is 39.6 Å². The zero-order chi connectivity index (χ0) is 20.5. The quantitative estimate of drug-likeness (QED) is 0.376. The van der Waals surface area contributed by atoms with Crippen molar-refractivity contribution in [1.82, 2.24) is 20.1 Å². The Kier molecular flexibility index (Phi) is 7.89. The lowest BCUT2D eigenvalue weighted by atomic mass is 10.2. The van der Waals surface area contributed by atoms with Crippen molar-refractivity contribution in [2.75, 3.05) is 18.9 Å². The molecule has 152 valence electrons. The van der Waals surface area contributed by atoms with Gasteiger partial charge in [0.1, 0.15) is 12.3 Å². The van der Waals surface area contributed by atoms with Gasteiger partial charge in [-0.25, -0.2) is 0 Å². The monoisotopic (exact) mass is 428 g/mol. The highest BCUT2D eigenvalue weighted by atomic mass is 32.2. The Morgan fingerprint density at radius 3 is 2.69 bits per heavy atom. The number of H-pyrrole nitrogens is 1. The maximum atomic E-state index is 12.4. The molecular weight excluding hydrogens is 404 g/mol. The lowest BCUT2D eigenvalue weighted by Crippen LogP contribution is -2.29. The summed E-state index contributed by atoms with van der Waals surface area (Å²) in [5.41, 5.74) is 2.15. The average molecular weight is 429 g/mol. The number of aromatic nitrogens is 3. The molecule has 0 aliphatic rings. The van der Waals surface area contributed by atoms with Gasteiger partial charge in [-0.3, -0.25) is 14.5 Å². The van der Waals surface area contributed by atoms with E-state index in [4.69, 9.17) is 17.0 Å². The van der Waals surface area contributed by atoms with Crippen molar-refractivity contribution >= 4 is 29.9 Å². The molecule has 3 rings (SSSR count). The van der Waals surface area contributed by atoms with Crippen LogP contribution in [0.1, 0.15) is 12.5 Å². The highest BCUT2D eigenvalue weighted by Crippen LogP contribution is 2.21. The highest BCUT2D eigenvalue weighted by molar-refractivity contribution is 7.98. The van der Waals surface area contributed by atoms with Gasteiger partial charge in [0, 0.05) is 23.6 Å². The van der Waals surface area contributed by atoms with Crippen LogP contribution in [0.25, 0.3) is 11.4 Å². The van der Waals surface area contributed by atoms with Gasteiger partial charge in [0.25, 0.3) is 0 Å². The van der Waals surface area contributed by atoms with E-state index in [1.807, 2.05) is 49.4 Å². The van der Waals surface area contributed by atoms with E-state index >= 15 is 0 Å². The first-order valence-corrected chi connectivity index (χ1v) is 11.0. The zero-order valence-electron chi connectivity index (χ0n) is 16.3. The maximum Gasteiger partial charge on any atom is 0.240 e. The van der Waals surface area contributed by atoms with Crippen molar-refractivity contribution in [3.05, 3.63) is 64.9 Å². The molecular formula is C21H24N4O2S2. The van der Waals surface area contributed by atoms with Crippen molar-refractivity contribution < 1.29 is 9.53 Å². The van der Waals surface area contributed by atoms with Crippen LogP contribution in [0, 0.1) is 4.77 Å². The molecule has 0 saturated carbocycles. The third-order valence-corrected chi connectivity index (χ3v) is 5.51. The van der Waals surface area contributed by atoms with Crippen molar-refractivity contribution in [1.29, 1.82) is 0 Å². The summed E-state index contributed by atoms with van der Waals surface area (Å²) >= 11 is 7.10. The lowest BCUT2D eigenvalue weighted by molar-refractivity contribution is -0.121. The first-order valence-electron chi connectivity index (χ1n) is 9.44. The first kappa shape index (κ1) is 21.1. The van der Waals surface area contributed by atoms with Crippen LogP contribution in [0.3, 0.4) is 0 Å². The molecule has 0 radical (unpaired) electrons. The fourth-order valence-corrected chi connectivity index (χ4v) is 3.79. The Morgan fingerprint density at radius 2 is 1.97 bits per heavy atom. The van der Waals surface area contributed by atoms with Crippen LogP contribution in [0.15, 0.2) is 54.6 Å². The lowest BCUT2D eigenvalue weighted by Gasteiger charge is -2.09. The molecule has 0 spiro atoms. The maximum absolute atomic E-state index is 12.4. The van der Waals surface area contributed by atoms with Crippen molar-refractivity contribution in [2.24, 2.45) is 0 Å². The van der Waals surface area contributed by atoms with Gasteiger partial charge < -0.3 is 10.1 Å². The summed E-state index contributed by atoms with van der Waals surface area (Å²) in [5, 5.41) is 10.0. The fraction of sp³-hybridized carbons (Fsp3) is 0.286. The number of aromatic amines is 1. The number of rotatable bonds is 10. The molecule has 1 heterocycles. The number of nitrogens with zero attached hydrogens (tertiary/aromatic N) is 2. The Hall–Kier alpha value is -2.58. The van der Waals surface area contributed by atoms with E-state index < -0.39 is 0 Å². The Bertz CT molecular complexity index is 968. The van der Waals surface area contributed by atoms with Gasteiger partial charge in [0.2, 0.25) is 5.91 Å². The van der Waals surface area contributed by atoms with Crippen molar-refractivity contribution in [3.8, 4) is 17.1 Å². The van der Waals surface area contributed by atoms with Gasteiger partial charge in [0.15, 0.2) is 10.6 Å². The summed E-state index contributed by atoms with van der Waals surface area (Å²) in [4.78, 5) is 12.4. The van der Waals surface area contributed by atoms with E-state index in [9.17, 15) is 4.79 Å². The van der Waals surface area contributed by atoms with Crippen LogP contribution >= 0.6 is 24.0 Å². The molecule has 0 saturated heterocycles. The third-order valence-electron chi connectivity index (χ3n) is 4.16. The van der Waals surface area contributed by atoms with Crippen LogP contribution < -0.4 is 10.1 Å². The van der Waals surface area contributed by atoms with E-state index in [2.05, 4.69) is 27.6 Å². The number of hydrogen-bond acceptors (Lipinski definition) is 5. The van der Waals surface area contributed by atoms with Crippen LogP contribution in [0.2, 0.25) is 0 Å². The molecule has 1 aromatic heterocycles. The summed E-state index contributed by atoms with van der Waals surface area (Å²) in [7, 11) is 0. The molecule has 2 N–H and O–H groups in total. The van der Waals surface area contributed by atoms with Crippen LogP contribution in [0.4, 0.5) is 0 Å². The summed E-state index contributed by atoms with van der Waals surface area (Å²) in [6, 6.07) is 17.9. The Balaban J connectivity index is 1.51. The predicted molar refractivity (Wildman–Crippen MR) is 120 cm³/mol. The number of amides is 1. The Morgan fingerprint density at radius 1 is 1.21 bits per heavy atom. The molecule has 1 amide bonds. The second kappa shape index (κ2) is 10.8. The van der Waals surface area contributed by atoms with Crippen LogP contribution in [0.5, 0.6) is 5.75 Å². The molecule has 0 bridgehead atoms. The molecule has 0 unspecified atom stereocenters. The molecule has 2 aromatic carbocycles. The SMILES string of the molecule is CCOc1ccc(-c2n[nH]c(=S)n2CC(=O)NCCSCc2ccccc2)cc1. The summed E-state index contributed by atoms with van der Waals surface area (Å²) < 4.78 is 7.59. The van der Waals surface area contributed by atoms with E-state index in [0.29, 0.717) is 23.7 Å². The summed E-state index contributed by atoms with van der Waals surface area (Å²) in [6.07, 6.45) is 0. The molecule has 0 aliphatic carbocycles. The number of nitrogens with one attached hydrogen (secondary N) is 2. The standard InChI is InChI=1S/C21H24N4O2S2/c1-2-27-18-10-8-17(9-11-18)20-23-24-21(28)25(20)14-19(26)22-12-13-29-15-16-6-4-3-5-7-16/h3-11H,2,12-15H2,1H3,(H,22,26)(H,24,28). The van der Waals surface area contributed by atoms with E-state index in [1.165, 1.54) is 5.56 Å². The minimum atomic E-state index is -0.0880. The molecule has 8 heteroatoms. The molecule has 29 heavy (non-hydrogen) atoms. The van der Waals surface area contributed by atoms with E-state index in [1.54, 1.807) is 16.3 Å². The number of carbonyl (C=O) groups excluding carboxylic acids is 1. The predicted octanol–water partition coefficient (Wildman–Crippen LogP) is 4.06. The first-order chi connectivity index (χ1) is 14.2. The number of carbonyl (C=O) groups is 1. The number of hydrogen-bond donors (Lipinski definition) is 2. The number of thioether (sulfide) groups is 1. The normalized spacial score (nSPS) is 10.7. The second-order valence-electron chi connectivity index (χ2n) is 6.28. The highest BCUT2D eigenvalue weighted by Gasteiger charge is 2.12. The minimum absolute atomic E-state index is 0.0880.